The predicted molar refractivity (Wildman–Crippen MR) is 70.1 cm³/mol. The summed E-state index contributed by atoms with van der Waals surface area (Å²) < 4.78 is 5.14. The van der Waals surface area contributed by atoms with Crippen LogP contribution >= 0.6 is 0 Å². The first kappa shape index (κ1) is 12.4. The summed E-state index contributed by atoms with van der Waals surface area (Å²) in [4.78, 5) is 0. The topological polar surface area (TPSA) is 47.3 Å². The molecule has 1 fully saturated rings. The molecule has 1 saturated carbocycles. The van der Waals surface area contributed by atoms with Crippen LogP contribution in [0, 0.1) is 0 Å². The third-order valence-electron chi connectivity index (χ3n) is 3.55. The Morgan fingerprint density at radius 2 is 1.94 bits per heavy atom. The Balaban J connectivity index is 1.84. The lowest BCUT2D eigenvalue weighted by atomic mass is 9.91. The smallest absolute Gasteiger partial charge is 0.118 e. The van der Waals surface area contributed by atoms with E-state index in [-0.39, 0.29) is 0 Å². The van der Waals surface area contributed by atoms with Crippen molar-refractivity contribution in [2.45, 2.75) is 44.3 Å². The van der Waals surface area contributed by atoms with Crippen molar-refractivity contribution in [1.82, 2.24) is 5.32 Å². The minimum atomic E-state index is 0.321. The molecule has 1 aliphatic rings. The molecule has 17 heavy (non-hydrogen) atoms. The summed E-state index contributed by atoms with van der Waals surface area (Å²) in [6.45, 7) is 0.891. The van der Waals surface area contributed by atoms with Crippen molar-refractivity contribution in [1.29, 1.82) is 0 Å². The molecule has 0 heterocycles. The third kappa shape index (κ3) is 3.45. The van der Waals surface area contributed by atoms with Crippen LogP contribution < -0.4 is 15.8 Å². The molecule has 2 rings (SSSR count). The number of nitrogens with one attached hydrogen (secondary N) is 1. The van der Waals surface area contributed by atoms with Gasteiger partial charge < -0.3 is 15.8 Å². The fourth-order valence-corrected chi connectivity index (χ4v) is 2.41. The summed E-state index contributed by atoms with van der Waals surface area (Å²) in [6, 6.07) is 8.99. The number of nitrogens with two attached hydrogens (primary N) is 1. The zero-order valence-corrected chi connectivity index (χ0v) is 10.5. The van der Waals surface area contributed by atoms with Crippen LogP contribution in [-0.4, -0.2) is 19.2 Å². The Bertz CT molecular complexity index is 337. The Morgan fingerprint density at radius 3 is 2.59 bits per heavy atom. The molecule has 3 N–H and O–H groups in total. The van der Waals surface area contributed by atoms with Gasteiger partial charge in [-0.25, -0.2) is 0 Å². The highest BCUT2D eigenvalue weighted by molar-refractivity contribution is 5.27. The van der Waals surface area contributed by atoms with E-state index in [9.17, 15) is 0 Å². The molecule has 0 aliphatic heterocycles. The summed E-state index contributed by atoms with van der Waals surface area (Å²) in [5.41, 5.74) is 7.39. The second-order valence-corrected chi connectivity index (χ2v) is 4.78. The maximum absolute atomic E-state index is 6.11. The third-order valence-corrected chi connectivity index (χ3v) is 3.55. The average Bonchev–Trinajstić information content (AvgIpc) is 2.38. The molecular weight excluding hydrogens is 212 g/mol. The first-order valence-electron chi connectivity index (χ1n) is 6.41. The van der Waals surface area contributed by atoms with Crippen molar-refractivity contribution in [3.05, 3.63) is 29.8 Å². The van der Waals surface area contributed by atoms with Crippen LogP contribution in [0.15, 0.2) is 24.3 Å². The molecule has 0 saturated heterocycles. The lowest BCUT2D eigenvalue weighted by molar-refractivity contribution is 0.326. The second kappa shape index (κ2) is 6.03. The van der Waals surface area contributed by atoms with E-state index in [1.165, 1.54) is 24.8 Å². The Kier molecular flexibility index (Phi) is 4.40. The quantitative estimate of drug-likeness (QED) is 0.838. The highest BCUT2D eigenvalue weighted by atomic mass is 16.5. The van der Waals surface area contributed by atoms with Gasteiger partial charge in [-0.1, -0.05) is 25.0 Å². The van der Waals surface area contributed by atoms with Crippen molar-refractivity contribution < 1.29 is 4.74 Å². The molecule has 0 amide bonds. The van der Waals surface area contributed by atoms with E-state index in [4.69, 9.17) is 10.5 Å². The fraction of sp³-hybridized carbons (Fsp3) is 0.571. The Labute approximate surface area is 103 Å². The van der Waals surface area contributed by atoms with Gasteiger partial charge in [-0.3, -0.25) is 0 Å². The Hall–Kier alpha value is -1.06. The van der Waals surface area contributed by atoms with Crippen molar-refractivity contribution in [3.63, 3.8) is 0 Å². The van der Waals surface area contributed by atoms with E-state index >= 15 is 0 Å². The molecule has 0 radical (unpaired) electrons. The van der Waals surface area contributed by atoms with Crippen LogP contribution in [0.25, 0.3) is 0 Å². The van der Waals surface area contributed by atoms with Gasteiger partial charge in [0.1, 0.15) is 5.75 Å². The second-order valence-electron chi connectivity index (χ2n) is 4.78. The van der Waals surface area contributed by atoms with Crippen LogP contribution in [0.2, 0.25) is 0 Å². The number of benzene rings is 1. The molecular formula is C14H22N2O. The zero-order valence-electron chi connectivity index (χ0n) is 10.5. The minimum absolute atomic E-state index is 0.321. The van der Waals surface area contributed by atoms with E-state index in [2.05, 4.69) is 17.4 Å². The summed E-state index contributed by atoms with van der Waals surface area (Å²) in [5, 5.41) is 3.56. The van der Waals surface area contributed by atoms with Gasteiger partial charge in [0, 0.05) is 18.6 Å². The van der Waals surface area contributed by atoms with Crippen molar-refractivity contribution in [2.75, 3.05) is 7.11 Å². The fourth-order valence-electron chi connectivity index (χ4n) is 2.41. The summed E-state index contributed by atoms with van der Waals surface area (Å²) in [5.74, 6) is 0.906. The van der Waals surface area contributed by atoms with Gasteiger partial charge in [-0.15, -0.1) is 0 Å². The lowest BCUT2D eigenvalue weighted by Gasteiger charge is -2.29. The first-order valence-corrected chi connectivity index (χ1v) is 6.41. The maximum Gasteiger partial charge on any atom is 0.118 e. The molecule has 1 aromatic rings. The molecule has 0 aromatic heterocycles. The summed E-state index contributed by atoms with van der Waals surface area (Å²) in [6.07, 6.45) is 4.94. The van der Waals surface area contributed by atoms with Crippen molar-refractivity contribution in [2.24, 2.45) is 5.73 Å². The molecule has 0 bridgehead atoms. The van der Waals surface area contributed by atoms with E-state index in [1.807, 2.05) is 12.1 Å². The first-order chi connectivity index (χ1) is 8.29. The van der Waals surface area contributed by atoms with Gasteiger partial charge in [-0.2, -0.15) is 0 Å². The molecule has 1 aliphatic carbocycles. The monoisotopic (exact) mass is 234 g/mol. The van der Waals surface area contributed by atoms with Gasteiger partial charge in [0.15, 0.2) is 0 Å². The molecule has 0 spiro atoms. The van der Waals surface area contributed by atoms with Gasteiger partial charge in [0.2, 0.25) is 0 Å². The number of hydrogen-bond donors (Lipinski definition) is 2. The van der Waals surface area contributed by atoms with Crippen LogP contribution in [0.4, 0.5) is 0 Å². The van der Waals surface area contributed by atoms with Crippen molar-refractivity contribution >= 4 is 0 Å². The zero-order chi connectivity index (χ0) is 12.1. The van der Waals surface area contributed by atoms with Gasteiger partial charge >= 0.3 is 0 Å². The van der Waals surface area contributed by atoms with Crippen LogP contribution in [0.5, 0.6) is 5.75 Å². The van der Waals surface area contributed by atoms with Crippen LogP contribution in [0.3, 0.4) is 0 Å². The molecule has 1 aromatic carbocycles. The van der Waals surface area contributed by atoms with Gasteiger partial charge in [-0.05, 0) is 30.5 Å². The average molecular weight is 234 g/mol. The summed E-state index contributed by atoms with van der Waals surface area (Å²) >= 11 is 0. The summed E-state index contributed by atoms with van der Waals surface area (Å²) in [7, 11) is 1.69. The standard InChI is InChI=1S/C14H22N2O/c1-17-12-8-6-11(7-9-12)10-16-14-5-3-2-4-13(14)15/h6-9,13-14,16H,2-5,10,15H2,1H3. The minimum Gasteiger partial charge on any atom is -0.497 e. The SMILES string of the molecule is COc1ccc(CNC2CCCCC2N)cc1. The highest BCUT2D eigenvalue weighted by Gasteiger charge is 2.20. The Morgan fingerprint density at radius 1 is 1.24 bits per heavy atom. The van der Waals surface area contributed by atoms with Gasteiger partial charge in [0.05, 0.1) is 7.11 Å². The normalized spacial score (nSPS) is 24.6. The molecule has 94 valence electrons. The molecule has 3 nitrogen and oxygen atoms in total. The number of hydrogen-bond acceptors (Lipinski definition) is 3. The number of rotatable bonds is 4. The van der Waals surface area contributed by atoms with Gasteiger partial charge in [0.25, 0.3) is 0 Å². The number of ether oxygens (including phenoxy) is 1. The molecule has 3 heteroatoms. The van der Waals surface area contributed by atoms with Crippen LogP contribution in [-0.2, 0) is 6.54 Å². The van der Waals surface area contributed by atoms with E-state index in [1.54, 1.807) is 7.11 Å². The van der Waals surface area contributed by atoms with Crippen molar-refractivity contribution in [3.8, 4) is 5.75 Å². The predicted octanol–water partition coefficient (Wildman–Crippen LogP) is 2.05. The maximum atomic E-state index is 6.11. The van der Waals surface area contributed by atoms with E-state index in [0.29, 0.717) is 12.1 Å². The molecule has 2 atom stereocenters. The van der Waals surface area contributed by atoms with Crippen LogP contribution in [0.1, 0.15) is 31.2 Å². The van der Waals surface area contributed by atoms with E-state index < -0.39 is 0 Å². The molecule has 2 unspecified atom stereocenters. The lowest BCUT2D eigenvalue weighted by Crippen LogP contribution is -2.46. The highest BCUT2D eigenvalue weighted by Crippen LogP contribution is 2.17. The largest absolute Gasteiger partial charge is 0.497 e. The van der Waals surface area contributed by atoms with E-state index in [0.717, 1.165) is 18.7 Å². The number of methoxy groups -OCH3 is 1.